The van der Waals surface area contributed by atoms with E-state index >= 15 is 0 Å². The Bertz CT molecular complexity index is 2840. The molecular formula is C70H109N9O15. The number of nitrogens with two attached hydrogens (primary N) is 1. The molecule has 4 rings (SSSR count). The number of rotatable bonds is 40. The lowest BCUT2D eigenvalue weighted by Gasteiger charge is -2.41. The van der Waals surface area contributed by atoms with E-state index in [2.05, 4.69) is 21.3 Å². The molecule has 2 aliphatic heterocycles. The van der Waals surface area contributed by atoms with Gasteiger partial charge >= 0.3 is 12.1 Å². The molecule has 524 valence electrons. The number of amides is 10. The van der Waals surface area contributed by atoms with Crippen LogP contribution < -0.4 is 27.0 Å². The molecule has 2 saturated heterocycles. The van der Waals surface area contributed by atoms with Crippen LogP contribution in [0.1, 0.15) is 164 Å². The molecule has 0 bridgehead atoms. The minimum absolute atomic E-state index is 0.0825. The van der Waals surface area contributed by atoms with Gasteiger partial charge in [-0.05, 0) is 85.5 Å². The average molecular weight is 1320 g/mol. The van der Waals surface area contributed by atoms with Gasteiger partial charge < -0.3 is 61.0 Å². The molecule has 0 radical (unpaired) electrons. The van der Waals surface area contributed by atoms with Crippen molar-refractivity contribution in [2.75, 3.05) is 53.3 Å². The topological polar surface area (TPSA) is 323 Å². The summed E-state index contributed by atoms with van der Waals surface area (Å²) >= 11 is 0. The maximum Gasteiger partial charge on any atom is 0.410 e. The van der Waals surface area contributed by atoms with Gasteiger partial charge in [-0.25, -0.2) is 9.59 Å². The van der Waals surface area contributed by atoms with Crippen molar-refractivity contribution in [2.24, 2.45) is 53.1 Å². The zero-order valence-electron chi connectivity index (χ0n) is 58.1. The minimum Gasteiger partial charge on any atom is -0.445 e. The number of aliphatic hydroxyl groups is 1. The Hall–Kier alpha value is -7.31. The lowest BCUT2D eigenvalue weighted by Crippen LogP contribution is -2.54. The predicted octanol–water partition coefficient (Wildman–Crippen LogP) is 7.17. The van der Waals surface area contributed by atoms with Crippen LogP contribution in [0.3, 0.4) is 0 Å². The van der Waals surface area contributed by atoms with Crippen molar-refractivity contribution in [3.8, 4) is 0 Å². The Morgan fingerprint density at radius 3 is 2.00 bits per heavy atom. The Balaban J connectivity index is 1.36. The van der Waals surface area contributed by atoms with Gasteiger partial charge in [-0.3, -0.25) is 48.1 Å². The van der Waals surface area contributed by atoms with E-state index < -0.39 is 84.3 Å². The highest BCUT2D eigenvalue weighted by Gasteiger charge is 2.44. The summed E-state index contributed by atoms with van der Waals surface area (Å²) in [5.41, 5.74) is 7.16. The van der Waals surface area contributed by atoms with Crippen LogP contribution in [0.25, 0.3) is 0 Å². The number of hydrogen-bond acceptors (Lipinski definition) is 15. The van der Waals surface area contributed by atoms with Crippen LogP contribution in [0.5, 0.6) is 0 Å². The second-order valence-electron chi connectivity index (χ2n) is 26.8. The van der Waals surface area contributed by atoms with Crippen molar-refractivity contribution in [1.29, 1.82) is 0 Å². The highest BCUT2D eigenvalue weighted by Crippen LogP contribution is 2.32. The third kappa shape index (κ3) is 23.6. The number of benzene rings is 2. The van der Waals surface area contributed by atoms with Gasteiger partial charge in [0.2, 0.25) is 35.4 Å². The molecule has 2 fully saturated rings. The predicted molar refractivity (Wildman–Crippen MR) is 356 cm³/mol. The molecular weight excluding hydrogens is 1210 g/mol. The summed E-state index contributed by atoms with van der Waals surface area (Å²) < 4.78 is 17.3. The maximum absolute atomic E-state index is 14.8. The fourth-order valence-electron chi connectivity index (χ4n) is 12.8. The number of likely N-dealkylation sites (tertiary alicyclic amines) is 2. The first-order valence-electron chi connectivity index (χ1n) is 33.6. The lowest BCUT2D eigenvalue weighted by atomic mass is 9.83. The summed E-state index contributed by atoms with van der Waals surface area (Å²) in [4.78, 5) is 153. The number of nitrogens with one attached hydrogen (secondary N) is 4. The summed E-state index contributed by atoms with van der Waals surface area (Å²) in [6.45, 7) is 19.1. The number of primary amides is 1. The fraction of sp³-hybridized carbons (Fsp3) is 0.671. The SMILES string of the molecule is CC[C@H](C)[C@@H]([C@@H](CC(=O)N1CCC[C@H]1[C@H](C)[C@@H](O)C(=O)N[C@H](Cc1ccccc1)OC)OC)N(C)C(=O)[C@@H](CC(=O)[C@H](C(C)C)N(C)C(=O)OCc1ccc(NC(=O)[C@H](CCCNC(N)=O)CC(=O)[C@@H](NC(=O)CCCCCN2C(=O)CC(C)C2=O)C(C)C)cc1)C(C)C. The first kappa shape index (κ1) is 79.1. The summed E-state index contributed by atoms with van der Waals surface area (Å²) in [7, 11) is 6.14. The van der Waals surface area contributed by atoms with Gasteiger partial charge in [-0.15, -0.1) is 0 Å². The largest absolute Gasteiger partial charge is 0.445 e. The quantitative estimate of drug-likeness (QED) is 0.0219. The standard InChI is InChI=1S/C70H109N9O15/c1-15-45(8)63(56(92-13)40-60(84)78-35-23-27-53(78)47(10)64(85)66(87)75-58(93-14)37-48-24-18-16-19-25-48)76(11)68(89)52(42(2)3)39-55(81)62(44(6)7)77(12)70(91)94-41-49-29-31-51(32-30-49)73-65(86)50(26-22-33-72-69(71)90)38-54(80)61(43(4)5)74-57(82)28-20-17-21-34-79-59(83)36-46(9)67(79)88/h16,18-19,24-25,29-32,42-47,50,52-53,56,58,61-64,85H,15,17,20-23,26-28,33-41H2,1-14H3,(H,73,86)(H,74,82)(H,75,87)(H3,71,72,90)/t45-,46?,47-,50+,52-,53-,56+,58-,61-,62-,63-,64+/m0/s1. The number of carbonyl (C=O) groups excluding carboxylic acids is 11. The van der Waals surface area contributed by atoms with Crippen LogP contribution >= 0.6 is 0 Å². The molecule has 1 unspecified atom stereocenters. The molecule has 10 amide bonds. The van der Waals surface area contributed by atoms with Crippen LogP contribution in [0, 0.1) is 47.3 Å². The van der Waals surface area contributed by atoms with E-state index in [1.54, 1.807) is 82.7 Å². The summed E-state index contributed by atoms with van der Waals surface area (Å²) in [5, 5.41) is 22.4. The summed E-state index contributed by atoms with van der Waals surface area (Å²) in [5.74, 6) is -6.76. The third-order valence-corrected chi connectivity index (χ3v) is 18.7. The average Bonchev–Trinajstić information content (AvgIpc) is 1.42. The number of Topliss-reactive ketones (excluding diaryl/α,β-unsaturated/α-hetero) is 2. The van der Waals surface area contributed by atoms with Gasteiger partial charge in [-0.1, -0.05) is 125 Å². The zero-order valence-corrected chi connectivity index (χ0v) is 58.1. The molecule has 94 heavy (non-hydrogen) atoms. The van der Waals surface area contributed by atoms with Gasteiger partial charge in [0.1, 0.15) is 18.9 Å². The molecule has 2 aliphatic rings. The number of likely N-dealkylation sites (N-methyl/N-ethyl adjacent to an activating group) is 2. The van der Waals surface area contributed by atoms with E-state index in [0.29, 0.717) is 75.7 Å². The van der Waals surface area contributed by atoms with Gasteiger partial charge in [0.15, 0.2) is 11.6 Å². The van der Waals surface area contributed by atoms with Crippen molar-refractivity contribution in [2.45, 2.75) is 208 Å². The summed E-state index contributed by atoms with van der Waals surface area (Å²) in [6, 6.07) is 12.4. The number of anilines is 1. The molecule has 0 spiro atoms. The third-order valence-electron chi connectivity index (χ3n) is 18.7. The number of carbonyl (C=O) groups is 11. The number of unbranched alkanes of at least 4 members (excludes halogenated alkanes) is 2. The molecule has 2 aromatic carbocycles. The first-order chi connectivity index (χ1) is 44.4. The fourth-order valence-corrected chi connectivity index (χ4v) is 12.8. The number of aliphatic hydroxyl groups excluding tert-OH is 1. The molecule has 7 N–H and O–H groups in total. The molecule has 2 heterocycles. The van der Waals surface area contributed by atoms with E-state index in [0.717, 1.165) is 5.56 Å². The number of ether oxygens (including phenoxy) is 3. The Morgan fingerprint density at radius 1 is 0.755 bits per heavy atom. The maximum atomic E-state index is 14.8. The number of nitrogens with zero attached hydrogens (tertiary/aromatic N) is 4. The lowest BCUT2D eigenvalue weighted by molar-refractivity contribution is -0.149. The zero-order chi connectivity index (χ0) is 70.1. The molecule has 24 heteroatoms. The van der Waals surface area contributed by atoms with Gasteiger partial charge in [-0.2, -0.15) is 0 Å². The highest BCUT2D eigenvalue weighted by atomic mass is 16.6. The monoisotopic (exact) mass is 1320 g/mol. The van der Waals surface area contributed by atoms with E-state index in [9.17, 15) is 57.8 Å². The number of methoxy groups -OCH3 is 2. The second kappa shape index (κ2) is 38.9. The number of imide groups is 1. The van der Waals surface area contributed by atoms with E-state index in [1.807, 2.05) is 58.0 Å². The molecule has 12 atom stereocenters. The van der Waals surface area contributed by atoms with Crippen LogP contribution in [0.4, 0.5) is 15.3 Å². The molecule has 2 aromatic rings. The van der Waals surface area contributed by atoms with Gasteiger partial charge in [0.05, 0.1) is 30.7 Å². The highest BCUT2D eigenvalue weighted by molar-refractivity contribution is 6.03. The van der Waals surface area contributed by atoms with Crippen LogP contribution in [-0.2, 0) is 70.4 Å². The number of urea groups is 1. The van der Waals surface area contributed by atoms with Crippen LogP contribution in [-0.4, -0.2) is 180 Å². The van der Waals surface area contributed by atoms with E-state index in [-0.39, 0.29) is 122 Å². The second-order valence-corrected chi connectivity index (χ2v) is 26.8. The van der Waals surface area contributed by atoms with Crippen molar-refractivity contribution in [1.82, 2.24) is 35.6 Å². The molecule has 0 aromatic heterocycles. The van der Waals surface area contributed by atoms with Crippen molar-refractivity contribution in [3.63, 3.8) is 0 Å². The smallest absolute Gasteiger partial charge is 0.410 e. The molecule has 24 nitrogen and oxygen atoms in total. The summed E-state index contributed by atoms with van der Waals surface area (Å²) in [6.07, 6.45) is 0.655. The number of hydrogen-bond donors (Lipinski definition) is 6. The van der Waals surface area contributed by atoms with Gasteiger partial charge in [0, 0.05) is 115 Å². The van der Waals surface area contributed by atoms with Crippen LogP contribution in [0.15, 0.2) is 54.6 Å². The van der Waals surface area contributed by atoms with Crippen LogP contribution in [0.2, 0.25) is 0 Å². The van der Waals surface area contributed by atoms with Crippen molar-refractivity contribution in [3.05, 3.63) is 65.7 Å². The van der Waals surface area contributed by atoms with E-state index in [4.69, 9.17) is 19.9 Å². The van der Waals surface area contributed by atoms with E-state index in [1.165, 1.54) is 31.1 Å². The minimum atomic E-state index is -1.43. The Morgan fingerprint density at radius 2 is 1.43 bits per heavy atom. The molecule has 0 aliphatic carbocycles. The Kier molecular flexibility index (Phi) is 32.7. The first-order valence-corrected chi connectivity index (χ1v) is 33.6. The normalized spacial score (nSPS) is 18.1. The molecule has 0 saturated carbocycles. The Labute approximate surface area is 556 Å². The van der Waals surface area contributed by atoms with Crippen molar-refractivity contribution >= 4 is 70.7 Å². The number of ketones is 2. The van der Waals surface area contributed by atoms with Gasteiger partial charge in [0.25, 0.3) is 5.91 Å². The van der Waals surface area contributed by atoms with Crippen molar-refractivity contribution < 1.29 is 72.1 Å².